The van der Waals surface area contributed by atoms with Crippen LogP contribution in [0.2, 0.25) is 0 Å². The lowest BCUT2D eigenvalue weighted by Crippen LogP contribution is -2.13. The summed E-state index contributed by atoms with van der Waals surface area (Å²) in [6.07, 6.45) is 6.55. The van der Waals surface area contributed by atoms with Crippen LogP contribution >= 0.6 is 0 Å². The van der Waals surface area contributed by atoms with E-state index in [9.17, 15) is 0 Å². The average molecular weight is 242 g/mol. The first kappa shape index (κ1) is 11.0. The van der Waals surface area contributed by atoms with Gasteiger partial charge in [0.2, 0.25) is 0 Å². The minimum Gasteiger partial charge on any atom is -0.308 e. The van der Waals surface area contributed by atoms with Crippen molar-refractivity contribution in [3.8, 4) is 11.6 Å². The van der Waals surface area contributed by atoms with Crippen LogP contribution in [0.3, 0.4) is 0 Å². The van der Waals surface area contributed by atoms with Gasteiger partial charge < -0.3 is 5.43 Å². The lowest BCUT2D eigenvalue weighted by Gasteiger charge is -2.08. The number of anilines is 1. The fourth-order valence-electron chi connectivity index (χ4n) is 2.16. The van der Waals surface area contributed by atoms with Gasteiger partial charge in [-0.25, -0.2) is 25.8 Å². The molecule has 18 heavy (non-hydrogen) atoms. The van der Waals surface area contributed by atoms with Gasteiger partial charge >= 0.3 is 0 Å². The van der Waals surface area contributed by atoms with Crippen LogP contribution in [0.5, 0.6) is 0 Å². The quantitative estimate of drug-likeness (QED) is 0.603. The van der Waals surface area contributed by atoms with Crippen molar-refractivity contribution in [1.82, 2.24) is 19.9 Å². The van der Waals surface area contributed by atoms with Crippen LogP contribution in [-0.4, -0.2) is 19.9 Å². The molecule has 6 heteroatoms. The van der Waals surface area contributed by atoms with Crippen molar-refractivity contribution in [2.75, 3.05) is 5.43 Å². The molecule has 92 valence electrons. The van der Waals surface area contributed by atoms with Crippen molar-refractivity contribution in [3.05, 3.63) is 29.2 Å². The minimum absolute atomic E-state index is 0.531. The third-order valence-electron chi connectivity index (χ3n) is 3.05. The number of nitrogens with zero attached hydrogens (tertiary/aromatic N) is 4. The molecule has 3 N–H and O–H groups in total. The largest absolute Gasteiger partial charge is 0.308 e. The Morgan fingerprint density at radius 2 is 1.89 bits per heavy atom. The molecule has 0 amide bonds. The summed E-state index contributed by atoms with van der Waals surface area (Å²) in [5.41, 5.74) is 5.83. The zero-order valence-corrected chi connectivity index (χ0v) is 10.1. The van der Waals surface area contributed by atoms with Crippen LogP contribution in [-0.2, 0) is 12.8 Å². The lowest BCUT2D eigenvalue weighted by molar-refractivity contribution is 0.899. The van der Waals surface area contributed by atoms with Crippen LogP contribution in [0.1, 0.15) is 23.2 Å². The first-order valence-electron chi connectivity index (χ1n) is 5.93. The molecule has 1 aliphatic rings. The predicted molar refractivity (Wildman–Crippen MR) is 67.6 cm³/mol. The summed E-state index contributed by atoms with van der Waals surface area (Å²) in [6.45, 7) is 1.94. The normalized spacial score (nSPS) is 13.4. The van der Waals surface area contributed by atoms with Crippen molar-refractivity contribution < 1.29 is 0 Å². The summed E-state index contributed by atoms with van der Waals surface area (Å²) in [7, 11) is 0. The highest BCUT2D eigenvalue weighted by atomic mass is 15.3. The fourth-order valence-corrected chi connectivity index (χ4v) is 2.16. The van der Waals surface area contributed by atoms with Gasteiger partial charge in [0.05, 0.1) is 0 Å². The summed E-state index contributed by atoms with van der Waals surface area (Å²) in [5, 5.41) is 0. The molecule has 0 saturated heterocycles. The van der Waals surface area contributed by atoms with E-state index in [2.05, 4.69) is 25.4 Å². The topological polar surface area (TPSA) is 89.6 Å². The summed E-state index contributed by atoms with van der Waals surface area (Å²) in [6, 6.07) is 0. The Morgan fingerprint density at radius 3 is 2.61 bits per heavy atom. The van der Waals surface area contributed by atoms with Gasteiger partial charge in [0.25, 0.3) is 0 Å². The summed E-state index contributed by atoms with van der Waals surface area (Å²) >= 11 is 0. The van der Waals surface area contributed by atoms with Crippen molar-refractivity contribution in [2.45, 2.75) is 26.2 Å². The number of rotatable bonds is 2. The highest BCUT2D eigenvalue weighted by Gasteiger charge is 2.20. The molecule has 0 bridgehead atoms. The zero-order chi connectivity index (χ0) is 12.5. The smallest absolute Gasteiger partial charge is 0.199 e. The molecule has 2 aromatic rings. The van der Waals surface area contributed by atoms with E-state index in [4.69, 9.17) is 5.84 Å². The van der Waals surface area contributed by atoms with Crippen molar-refractivity contribution in [3.63, 3.8) is 0 Å². The van der Waals surface area contributed by atoms with E-state index in [0.29, 0.717) is 17.5 Å². The van der Waals surface area contributed by atoms with E-state index in [0.717, 1.165) is 36.1 Å². The van der Waals surface area contributed by atoms with Gasteiger partial charge in [-0.3, -0.25) is 0 Å². The Balaban J connectivity index is 2.10. The van der Waals surface area contributed by atoms with Crippen LogP contribution in [0.4, 0.5) is 5.82 Å². The molecule has 3 rings (SSSR count). The molecule has 1 aliphatic carbocycles. The fraction of sp³-hybridized carbons (Fsp3) is 0.333. The van der Waals surface area contributed by atoms with Gasteiger partial charge in [-0.1, -0.05) is 0 Å². The number of nitrogen functional groups attached to an aromatic ring is 1. The van der Waals surface area contributed by atoms with E-state index in [-0.39, 0.29) is 0 Å². The second kappa shape index (κ2) is 4.30. The van der Waals surface area contributed by atoms with E-state index in [1.165, 1.54) is 0 Å². The molecule has 0 atom stereocenters. The maximum Gasteiger partial charge on any atom is 0.199 e. The third kappa shape index (κ3) is 1.80. The summed E-state index contributed by atoms with van der Waals surface area (Å²) in [4.78, 5) is 17.4. The molecule has 0 aromatic carbocycles. The molecular weight excluding hydrogens is 228 g/mol. The number of hydrazine groups is 1. The van der Waals surface area contributed by atoms with E-state index < -0.39 is 0 Å². The molecule has 2 heterocycles. The predicted octanol–water partition coefficient (Wildman–Crippen LogP) is 1.02. The Bertz CT molecular complexity index is 578. The maximum absolute atomic E-state index is 5.51. The summed E-state index contributed by atoms with van der Waals surface area (Å²) < 4.78 is 0. The second-order valence-electron chi connectivity index (χ2n) is 4.40. The Morgan fingerprint density at radius 1 is 1.11 bits per heavy atom. The maximum atomic E-state index is 5.51. The molecule has 0 fully saturated rings. The third-order valence-corrected chi connectivity index (χ3v) is 3.05. The van der Waals surface area contributed by atoms with E-state index >= 15 is 0 Å². The van der Waals surface area contributed by atoms with Gasteiger partial charge in [-0.05, 0) is 31.7 Å². The average Bonchev–Trinajstić information content (AvgIpc) is 2.86. The Kier molecular flexibility index (Phi) is 2.64. The molecule has 0 unspecified atom stereocenters. The van der Waals surface area contributed by atoms with Crippen LogP contribution in [0, 0.1) is 6.92 Å². The number of hydrogen-bond donors (Lipinski definition) is 2. The van der Waals surface area contributed by atoms with Gasteiger partial charge in [0, 0.05) is 23.7 Å². The molecule has 0 saturated carbocycles. The Labute approximate surface area is 105 Å². The number of nitrogens with two attached hydrogens (primary N) is 1. The van der Waals surface area contributed by atoms with Gasteiger partial charge in [-0.2, -0.15) is 0 Å². The lowest BCUT2D eigenvalue weighted by atomic mass is 10.2. The van der Waals surface area contributed by atoms with Gasteiger partial charge in [0.1, 0.15) is 5.82 Å². The molecule has 6 nitrogen and oxygen atoms in total. The van der Waals surface area contributed by atoms with Crippen molar-refractivity contribution >= 4 is 5.82 Å². The number of hydrogen-bond acceptors (Lipinski definition) is 6. The second-order valence-corrected chi connectivity index (χ2v) is 4.40. The number of aromatic nitrogens is 4. The molecule has 0 radical (unpaired) electrons. The van der Waals surface area contributed by atoms with Gasteiger partial charge in [-0.15, -0.1) is 0 Å². The minimum atomic E-state index is 0.531. The molecule has 0 spiro atoms. The zero-order valence-electron chi connectivity index (χ0n) is 10.1. The van der Waals surface area contributed by atoms with Crippen LogP contribution in [0.15, 0.2) is 12.4 Å². The number of nitrogens with one attached hydrogen (secondary N) is 1. The van der Waals surface area contributed by atoms with E-state index in [1.54, 1.807) is 12.4 Å². The standard InChI is InChI=1S/C12H14N6/c1-7-5-14-11(15-6-7)12-16-9-4-2-3-8(9)10(17-12)18-13/h5-6H,2-4,13H2,1H3,(H,16,17,18). The van der Waals surface area contributed by atoms with Crippen molar-refractivity contribution in [1.29, 1.82) is 0 Å². The SMILES string of the molecule is Cc1cnc(-c2nc3c(c(NN)n2)CCC3)nc1. The molecular formula is C12H14N6. The van der Waals surface area contributed by atoms with Gasteiger partial charge in [0.15, 0.2) is 11.6 Å². The number of fused-ring (bicyclic) bond motifs is 1. The van der Waals surface area contributed by atoms with E-state index in [1.807, 2.05) is 6.92 Å². The monoisotopic (exact) mass is 242 g/mol. The highest BCUT2D eigenvalue weighted by Crippen LogP contribution is 2.27. The molecule has 2 aromatic heterocycles. The van der Waals surface area contributed by atoms with Crippen molar-refractivity contribution in [2.24, 2.45) is 5.84 Å². The Hall–Kier alpha value is -2.08. The number of aryl methyl sites for hydroxylation is 2. The van der Waals surface area contributed by atoms with Crippen LogP contribution < -0.4 is 11.3 Å². The first-order chi connectivity index (χ1) is 8.78. The summed E-state index contributed by atoms with van der Waals surface area (Å²) in [5.74, 6) is 7.27. The first-order valence-corrected chi connectivity index (χ1v) is 5.93. The molecule has 0 aliphatic heterocycles. The van der Waals surface area contributed by atoms with Crippen LogP contribution in [0.25, 0.3) is 11.6 Å². The highest BCUT2D eigenvalue weighted by molar-refractivity contribution is 5.55.